The maximum atomic E-state index is 12.3. The van der Waals surface area contributed by atoms with E-state index < -0.39 is 0 Å². The van der Waals surface area contributed by atoms with Crippen LogP contribution < -0.4 is 5.32 Å². The molecule has 1 aromatic rings. The summed E-state index contributed by atoms with van der Waals surface area (Å²) in [6, 6.07) is 7.52. The van der Waals surface area contributed by atoms with Gasteiger partial charge in [-0.15, -0.1) is 0 Å². The molecule has 1 amide bonds. The number of methoxy groups -OCH3 is 1. The molecule has 4 nitrogen and oxygen atoms in total. The molecule has 0 aromatic heterocycles. The van der Waals surface area contributed by atoms with Crippen molar-refractivity contribution in [2.75, 3.05) is 13.7 Å². The van der Waals surface area contributed by atoms with Crippen LogP contribution in [0.25, 0.3) is 0 Å². The number of carbonyl (C=O) groups is 1. The van der Waals surface area contributed by atoms with Gasteiger partial charge in [-0.25, -0.2) is 0 Å². The van der Waals surface area contributed by atoms with Gasteiger partial charge in [-0.1, -0.05) is 23.7 Å². The lowest BCUT2D eigenvalue weighted by molar-refractivity contribution is -0.127. The van der Waals surface area contributed by atoms with Gasteiger partial charge in [0.2, 0.25) is 5.91 Å². The number of nitrogens with one attached hydrogen (secondary N) is 1. The number of rotatable bonds is 5. The van der Waals surface area contributed by atoms with Crippen LogP contribution in [0.4, 0.5) is 0 Å². The van der Waals surface area contributed by atoms with Gasteiger partial charge in [0.25, 0.3) is 0 Å². The molecular formula is C16H20ClNO3. The summed E-state index contributed by atoms with van der Waals surface area (Å²) in [5, 5.41) is 3.66. The molecule has 0 saturated carbocycles. The number of hydrogen-bond acceptors (Lipinski definition) is 3. The Morgan fingerprint density at radius 1 is 1.52 bits per heavy atom. The highest BCUT2D eigenvalue weighted by atomic mass is 35.5. The van der Waals surface area contributed by atoms with Crippen LogP contribution in [0.3, 0.4) is 0 Å². The van der Waals surface area contributed by atoms with Gasteiger partial charge in [0.05, 0.1) is 24.2 Å². The van der Waals surface area contributed by atoms with Gasteiger partial charge in [0, 0.05) is 18.7 Å². The van der Waals surface area contributed by atoms with Crippen LogP contribution in [0.2, 0.25) is 5.02 Å². The van der Waals surface area contributed by atoms with Crippen molar-refractivity contribution < 1.29 is 14.3 Å². The first-order valence-corrected chi connectivity index (χ1v) is 7.76. The van der Waals surface area contributed by atoms with Crippen LogP contribution in [0, 0.1) is 5.92 Å². The van der Waals surface area contributed by atoms with Crippen molar-refractivity contribution in [1.29, 1.82) is 0 Å². The van der Waals surface area contributed by atoms with E-state index in [0.717, 1.165) is 24.8 Å². The molecule has 5 heteroatoms. The molecule has 0 unspecified atom stereocenters. The van der Waals surface area contributed by atoms with Crippen molar-refractivity contribution in [3.63, 3.8) is 0 Å². The zero-order chi connectivity index (χ0) is 14.8. The standard InChI is InChI=1S/C16H20ClNO3/c1-20-15(10-3-2-4-11(17)7-10)9-18-16(19)13-8-12-5-6-14(13)21-12/h2-4,7,12-15H,5-6,8-9H2,1H3,(H,18,19)/t12-,13-,14-,15+/m1/s1. The minimum Gasteiger partial charge on any atom is -0.375 e. The summed E-state index contributed by atoms with van der Waals surface area (Å²) < 4.78 is 11.2. The van der Waals surface area contributed by atoms with E-state index >= 15 is 0 Å². The molecule has 2 fully saturated rings. The lowest BCUT2D eigenvalue weighted by Crippen LogP contribution is -2.38. The van der Waals surface area contributed by atoms with E-state index in [2.05, 4.69) is 5.32 Å². The van der Waals surface area contributed by atoms with E-state index in [0.29, 0.717) is 11.6 Å². The van der Waals surface area contributed by atoms with Crippen molar-refractivity contribution in [3.8, 4) is 0 Å². The van der Waals surface area contributed by atoms with Gasteiger partial charge in [-0.05, 0) is 37.0 Å². The zero-order valence-electron chi connectivity index (χ0n) is 12.0. The first-order chi connectivity index (χ1) is 10.2. The number of halogens is 1. The van der Waals surface area contributed by atoms with Gasteiger partial charge in [0.1, 0.15) is 0 Å². The first kappa shape index (κ1) is 14.8. The fourth-order valence-corrected chi connectivity index (χ4v) is 3.48. The molecule has 2 aliphatic rings. The van der Waals surface area contributed by atoms with Gasteiger partial charge in [0.15, 0.2) is 0 Å². The van der Waals surface area contributed by atoms with E-state index in [1.807, 2.05) is 24.3 Å². The summed E-state index contributed by atoms with van der Waals surface area (Å²) in [6.45, 7) is 0.448. The summed E-state index contributed by atoms with van der Waals surface area (Å²) in [7, 11) is 1.64. The highest BCUT2D eigenvalue weighted by Gasteiger charge is 2.44. The molecule has 2 bridgehead atoms. The Balaban J connectivity index is 1.57. The Labute approximate surface area is 129 Å². The number of carbonyl (C=O) groups excluding carboxylic acids is 1. The average Bonchev–Trinajstić information content (AvgIpc) is 3.10. The highest BCUT2D eigenvalue weighted by molar-refractivity contribution is 6.30. The monoisotopic (exact) mass is 309 g/mol. The number of hydrogen-bond donors (Lipinski definition) is 1. The third kappa shape index (κ3) is 3.23. The Morgan fingerprint density at radius 3 is 3.00 bits per heavy atom. The van der Waals surface area contributed by atoms with Gasteiger partial charge < -0.3 is 14.8 Å². The molecule has 3 rings (SSSR count). The lowest BCUT2D eigenvalue weighted by atomic mass is 9.88. The number of benzene rings is 1. The van der Waals surface area contributed by atoms with Crippen LogP contribution in [-0.4, -0.2) is 31.8 Å². The third-order valence-electron chi connectivity index (χ3n) is 4.41. The topological polar surface area (TPSA) is 47.6 Å². The maximum Gasteiger partial charge on any atom is 0.225 e. The van der Waals surface area contributed by atoms with Crippen molar-refractivity contribution >= 4 is 17.5 Å². The van der Waals surface area contributed by atoms with E-state index in [9.17, 15) is 4.79 Å². The molecule has 0 spiro atoms. The van der Waals surface area contributed by atoms with Crippen LogP contribution in [0.1, 0.15) is 30.9 Å². The molecule has 4 atom stereocenters. The molecular weight excluding hydrogens is 290 g/mol. The Bertz CT molecular complexity index is 522. The summed E-state index contributed by atoms with van der Waals surface area (Å²) in [6.07, 6.45) is 3.17. The Kier molecular flexibility index (Phi) is 4.48. The first-order valence-electron chi connectivity index (χ1n) is 7.39. The molecule has 2 heterocycles. The predicted molar refractivity (Wildman–Crippen MR) is 80.2 cm³/mol. The number of amides is 1. The smallest absolute Gasteiger partial charge is 0.225 e. The predicted octanol–water partition coefficient (Wildman–Crippen LogP) is 2.71. The second-order valence-corrected chi connectivity index (χ2v) is 6.18. The molecule has 1 N–H and O–H groups in total. The second-order valence-electron chi connectivity index (χ2n) is 5.74. The molecule has 0 radical (unpaired) electrons. The van der Waals surface area contributed by atoms with Crippen LogP contribution in [-0.2, 0) is 14.3 Å². The molecule has 1 aromatic carbocycles. The Morgan fingerprint density at radius 2 is 2.38 bits per heavy atom. The van der Waals surface area contributed by atoms with Crippen molar-refractivity contribution in [2.24, 2.45) is 5.92 Å². The summed E-state index contributed by atoms with van der Waals surface area (Å²) in [5.74, 6) is 0.0758. The van der Waals surface area contributed by atoms with Crippen LogP contribution >= 0.6 is 11.6 Å². The largest absolute Gasteiger partial charge is 0.375 e. The fraction of sp³-hybridized carbons (Fsp3) is 0.562. The van der Waals surface area contributed by atoms with Crippen molar-refractivity contribution in [2.45, 2.75) is 37.6 Å². The minimum atomic E-state index is -0.188. The average molecular weight is 310 g/mol. The SMILES string of the molecule is CO[C@@H](CNC(=O)[C@@H]1C[C@H]2CC[C@H]1O2)c1cccc(Cl)c1. The zero-order valence-corrected chi connectivity index (χ0v) is 12.8. The number of fused-ring (bicyclic) bond motifs is 2. The van der Waals surface area contributed by atoms with E-state index in [1.165, 1.54) is 0 Å². The third-order valence-corrected chi connectivity index (χ3v) is 4.64. The fourth-order valence-electron chi connectivity index (χ4n) is 3.28. The summed E-state index contributed by atoms with van der Waals surface area (Å²) >= 11 is 6.00. The van der Waals surface area contributed by atoms with Crippen LogP contribution in [0.5, 0.6) is 0 Å². The van der Waals surface area contributed by atoms with Crippen molar-refractivity contribution in [3.05, 3.63) is 34.9 Å². The van der Waals surface area contributed by atoms with E-state index in [4.69, 9.17) is 21.1 Å². The van der Waals surface area contributed by atoms with E-state index in [1.54, 1.807) is 7.11 Å². The second kappa shape index (κ2) is 6.34. The molecule has 2 saturated heterocycles. The molecule has 114 valence electrons. The van der Waals surface area contributed by atoms with Crippen LogP contribution in [0.15, 0.2) is 24.3 Å². The molecule has 0 aliphatic carbocycles. The molecule has 2 aliphatic heterocycles. The van der Waals surface area contributed by atoms with Crippen molar-refractivity contribution in [1.82, 2.24) is 5.32 Å². The Hall–Kier alpha value is -1.10. The van der Waals surface area contributed by atoms with E-state index in [-0.39, 0.29) is 30.1 Å². The summed E-state index contributed by atoms with van der Waals surface area (Å²) in [5.41, 5.74) is 0.967. The normalized spacial score (nSPS) is 28.6. The van der Waals surface area contributed by atoms with Gasteiger partial charge >= 0.3 is 0 Å². The minimum absolute atomic E-state index is 0.000572. The highest BCUT2D eigenvalue weighted by Crippen LogP contribution is 2.38. The summed E-state index contributed by atoms with van der Waals surface area (Å²) in [4.78, 5) is 12.3. The van der Waals surface area contributed by atoms with Gasteiger partial charge in [-0.3, -0.25) is 4.79 Å². The number of ether oxygens (including phenoxy) is 2. The quantitative estimate of drug-likeness (QED) is 0.909. The lowest BCUT2D eigenvalue weighted by Gasteiger charge is -2.21. The van der Waals surface area contributed by atoms with Gasteiger partial charge in [-0.2, -0.15) is 0 Å². The maximum absolute atomic E-state index is 12.3. The molecule has 21 heavy (non-hydrogen) atoms.